The minimum absolute atomic E-state index is 0.135. The van der Waals surface area contributed by atoms with Gasteiger partial charge in [-0.05, 0) is 18.1 Å². The van der Waals surface area contributed by atoms with E-state index in [0.717, 1.165) is 17.5 Å². The molecule has 5 nitrogen and oxygen atoms in total. The Balaban J connectivity index is 1.87. The average Bonchev–Trinajstić information content (AvgIpc) is 3.16. The highest BCUT2D eigenvalue weighted by Gasteiger charge is 2.18. The van der Waals surface area contributed by atoms with Crippen molar-refractivity contribution in [1.82, 2.24) is 9.88 Å². The van der Waals surface area contributed by atoms with Crippen molar-refractivity contribution in [2.75, 3.05) is 20.3 Å². The molecular formula is C18H19ClN2O3. The average molecular weight is 347 g/mol. The van der Waals surface area contributed by atoms with Gasteiger partial charge in [0, 0.05) is 44.0 Å². The quantitative estimate of drug-likeness (QED) is 0.664. The molecule has 0 bridgehead atoms. The smallest absolute Gasteiger partial charge is 0.268 e. The SMILES string of the molecule is COCCCNC(=O)c1cc2occc2n1Cc1ccccc1Cl. The highest BCUT2D eigenvalue weighted by Crippen LogP contribution is 2.24. The van der Waals surface area contributed by atoms with Crippen molar-refractivity contribution in [3.63, 3.8) is 0 Å². The number of carbonyl (C=O) groups is 1. The van der Waals surface area contributed by atoms with Crippen LogP contribution in [0.1, 0.15) is 22.5 Å². The Labute approximate surface area is 145 Å². The van der Waals surface area contributed by atoms with Crippen molar-refractivity contribution in [2.24, 2.45) is 0 Å². The minimum Gasteiger partial charge on any atom is -0.463 e. The molecule has 0 atom stereocenters. The van der Waals surface area contributed by atoms with Crippen molar-refractivity contribution in [2.45, 2.75) is 13.0 Å². The molecule has 0 radical (unpaired) electrons. The molecule has 3 rings (SSSR count). The van der Waals surface area contributed by atoms with Crippen LogP contribution in [0.5, 0.6) is 0 Å². The highest BCUT2D eigenvalue weighted by atomic mass is 35.5. The summed E-state index contributed by atoms with van der Waals surface area (Å²) in [5.41, 5.74) is 3.06. The summed E-state index contributed by atoms with van der Waals surface area (Å²) in [6, 6.07) is 11.2. The van der Waals surface area contributed by atoms with E-state index < -0.39 is 0 Å². The van der Waals surface area contributed by atoms with Gasteiger partial charge >= 0.3 is 0 Å². The summed E-state index contributed by atoms with van der Waals surface area (Å²) in [5, 5.41) is 3.59. The van der Waals surface area contributed by atoms with Gasteiger partial charge in [0.15, 0.2) is 5.58 Å². The van der Waals surface area contributed by atoms with E-state index in [2.05, 4.69) is 5.32 Å². The molecule has 1 amide bonds. The van der Waals surface area contributed by atoms with E-state index in [4.69, 9.17) is 20.8 Å². The fourth-order valence-electron chi connectivity index (χ4n) is 2.64. The van der Waals surface area contributed by atoms with Gasteiger partial charge in [0.1, 0.15) is 5.69 Å². The molecule has 0 aliphatic carbocycles. The predicted molar refractivity (Wildman–Crippen MR) is 93.6 cm³/mol. The maximum atomic E-state index is 12.5. The Hall–Kier alpha value is -2.24. The van der Waals surface area contributed by atoms with Gasteiger partial charge in [-0.1, -0.05) is 29.8 Å². The number of hydrogen-bond donors (Lipinski definition) is 1. The first-order valence-corrected chi connectivity index (χ1v) is 8.16. The number of rotatable bonds is 7. The van der Waals surface area contributed by atoms with Gasteiger partial charge in [0.25, 0.3) is 5.91 Å². The molecule has 126 valence electrons. The summed E-state index contributed by atoms with van der Waals surface area (Å²) in [7, 11) is 1.64. The molecule has 1 aromatic carbocycles. The second kappa shape index (κ2) is 7.55. The van der Waals surface area contributed by atoms with Crippen LogP contribution in [0.15, 0.2) is 47.1 Å². The van der Waals surface area contributed by atoms with Crippen LogP contribution < -0.4 is 5.32 Å². The topological polar surface area (TPSA) is 56.4 Å². The number of aromatic nitrogens is 1. The van der Waals surface area contributed by atoms with E-state index in [1.807, 2.05) is 34.9 Å². The number of benzene rings is 1. The molecule has 0 saturated carbocycles. The van der Waals surface area contributed by atoms with Crippen molar-refractivity contribution < 1.29 is 13.9 Å². The zero-order valence-electron chi connectivity index (χ0n) is 13.4. The molecule has 3 aromatic rings. The van der Waals surface area contributed by atoms with Crippen LogP contribution >= 0.6 is 11.6 Å². The van der Waals surface area contributed by atoms with Gasteiger partial charge in [-0.3, -0.25) is 4.79 Å². The lowest BCUT2D eigenvalue weighted by Crippen LogP contribution is -2.27. The molecule has 0 unspecified atom stereocenters. The van der Waals surface area contributed by atoms with Crippen molar-refractivity contribution in [3.8, 4) is 0 Å². The summed E-state index contributed by atoms with van der Waals surface area (Å²) in [6.45, 7) is 1.68. The largest absolute Gasteiger partial charge is 0.463 e. The number of furan rings is 1. The first-order valence-electron chi connectivity index (χ1n) is 7.78. The van der Waals surface area contributed by atoms with Crippen LogP contribution in [0, 0.1) is 0 Å². The number of halogens is 1. The van der Waals surface area contributed by atoms with Gasteiger partial charge in [-0.2, -0.15) is 0 Å². The van der Waals surface area contributed by atoms with Gasteiger partial charge < -0.3 is 19.0 Å². The first-order chi connectivity index (χ1) is 11.7. The van der Waals surface area contributed by atoms with Gasteiger partial charge in [0.2, 0.25) is 0 Å². The van der Waals surface area contributed by atoms with Gasteiger partial charge in [0.05, 0.1) is 11.8 Å². The highest BCUT2D eigenvalue weighted by molar-refractivity contribution is 6.31. The Morgan fingerprint density at radius 1 is 1.33 bits per heavy atom. The van der Waals surface area contributed by atoms with Crippen molar-refractivity contribution in [3.05, 3.63) is 58.9 Å². The maximum absolute atomic E-state index is 12.5. The molecule has 1 N–H and O–H groups in total. The lowest BCUT2D eigenvalue weighted by Gasteiger charge is -2.11. The Morgan fingerprint density at radius 3 is 2.96 bits per heavy atom. The normalized spacial score (nSPS) is 11.1. The van der Waals surface area contributed by atoms with Crippen molar-refractivity contribution >= 4 is 28.6 Å². The lowest BCUT2D eigenvalue weighted by atomic mass is 10.2. The zero-order valence-corrected chi connectivity index (χ0v) is 14.2. The summed E-state index contributed by atoms with van der Waals surface area (Å²) in [5.74, 6) is -0.135. The number of fused-ring (bicyclic) bond motifs is 1. The summed E-state index contributed by atoms with van der Waals surface area (Å²) >= 11 is 6.27. The Bertz CT molecular complexity index is 838. The van der Waals surface area contributed by atoms with Crippen LogP contribution in [0.3, 0.4) is 0 Å². The minimum atomic E-state index is -0.135. The number of carbonyl (C=O) groups excluding carboxylic acids is 1. The molecular weight excluding hydrogens is 328 g/mol. The number of amides is 1. The lowest BCUT2D eigenvalue weighted by molar-refractivity contribution is 0.0940. The van der Waals surface area contributed by atoms with E-state index in [0.29, 0.717) is 36.0 Å². The summed E-state index contributed by atoms with van der Waals surface area (Å²) < 4.78 is 12.4. The zero-order chi connectivity index (χ0) is 16.9. The number of ether oxygens (including phenoxy) is 1. The molecule has 6 heteroatoms. The van der Waals surface area contributed by atoms with Crippen LogP contribution in [0.2, 0.25) is 5.02 Å². The maximum Gasteiger partial charge on any atom is 0.268 e. The number of methoxy groups -OCH3 is 1. The third-order valence-corrected chi connectivity index (χ3v) is 4.22. The molecule has 0 aliphatic heterocycles. The second-order valence-electron chi connectivity index (χ2n) is 5.48. The van der Waals surface area contributed by atoms with E-state index in [1.54, 1.807) is 19.4 Å². The summed E-state index contributed by atoms with van der Waals surface area (Å²) in [4.78, 5) is 12.5. The number of nitrogens with one attached hydrogen (secondary N) is 1. The second-order valence-corrected chi connectivity index (χ2v) is 5.89. The van der Waals surface area contributed by atoms with E-state index in [9.17, 15) is 4.79 Å². The van der Waals surface area contributed by atoms with E-state index in [-0.39, 0.29) is 5.91 Å². The summed E-state index contributed by atoms with van der Waals surface area (Å²) in [6.07, 6.45) is 2.39. The van der Waals surface area contributed by atoms with Crippen LogP contribution in [0.4, 0.5) is 0 Å². The fraction of sp³-hybridized carbons (Fsp3) is 0.278. The van der Waals surface area contributed by atoms with E-state index >= 15 is 0 Å². The molecule has 0 spiro atoms. The van der Waals surface area contributed by atoms with Crippen molar-refractivity contribution in [1.29, 1.82) is 0 Å². The van der Waals surface area contributed by atoms with Crippen LogP contribution in [0.25, 0.3) is 11.1 Å². The fourth-order valence-corrected chi connectivity index (χ4v) is 2.84. The molecule has 24 heavy (non-hydrogen) atoms. The number of nitrogens with zero attached hydrogens (tertiary/aromatic N) is 1. The molecule has 2 heterocycles. The molecule has 2 aromatic heterocycles. The van der Waals surface area contributed by atoms with Gasteiger partial charge in [-0.15, -0.1) is 0 Å². The standard InChI is InChI=1S/C18H19ClN2O3/c1-23-9-4-8-20-18(22)16-11-17-15(7-10-24-17)21(16)12-13-5-2-3-6-14(13)19/h2-3,5-7,10-11H,4,8-9,12H2,1H3,(H,20,22). The molecule has 0 saturated heterocycles. The Kier molecular flexibility index (Phi) is 5.23. The predicted octanol–water partition coefficient (Wildman–Crippen LogP) is 3.70. The first kappa shape index (κ1) is 16.6. The third-order valence-electron chi connectivity index (χ3n) is 3.85. The number of hydrogen-bond acceptors (Lipinski definition) is 3. The molecule has 0 fully saturated rings. The van der Waals surface area contributed by atoms with E-state index in [1.165, 1.54) is 0 Å². The van der Waals surface area contributed by atoms with Crippen LogP contribution in [-0.4, -0.2) is 30.7 Å². The third kappa shape index (κ3) is 3.47. The van der Waals surface area contributed by atoms with Crippen LogP contribution in [-0.2, 0) is 11.3 Å². The molecule has 0 aliphatic rings. The van der Waals surface area contributed by atoms with Gasteiger partial charge in [-0.25, -0.2) is 0 Å². The Morgan fingerprint density at radius 2 is 2.17 bits per heavy atom. The monoisotopic (exact) mass is 346 g/mol.